The van der Waals surface area contributed by atoms with Crippen LogP contribution in [0.1, 0.15) is 46.5 Å². The van der Waals surface area contributed by atoms with Gasteiger partial charge >= 0.3 is 5.97 Å². The van der Waals surface area contributed by atoms with Crippen LogP contribution in [-0.2, 0) is 4.79 Å². The average Bonchev–Trinajstić information content (AvgIpc) is 2.31. The van der Waals surface area contributed by atoms with Crippen molar-refractivity contribution in [3.8, 4) is 0 Å². The van der Waals surface area contributed by atoms with E-state index in [9.17, 15) is 4.79 Å². The molecule has 1 N–H and O–H groups in total. The monoisotopic (exact) mass is 272 g/mol. The van der Waals surface area contributed by atoms with Gasteiger partial charge in [0.25, 0.3) is 0 Å². The molecule has 0 radical (unpaired) electrons. The molecule has 0 aromatic rings. The Kier molecular flexibility index (Phi) is 9.02. The molecular formula is C15H32N2O2. The van der Waals surface area contributed by atoms with E-state index in [4.69, 9.17) is 5.11 Å². The van der Waals surface area contributed by atoms with Gasteiger partial charge in [-0.2, -0.15) is 0 Å². The summed E-state index contributed by atoms with van der Waals surface area (Å²) in [6.45, 7) is 10.2. The van der Waals surface area contributed by atoms with Crippen LogP contribution < -0.4 is 0 Å². The number of hydrogen-bond donors (Lipinski definition) is 1. The summed E-state index contributed by atoms with van der Waals surface area (Å²) in [7, 11) is 4.20. The molecule has 4 heteroatoms. The first kappa shape index (κ1) is 18.4. The molecule has 0 rings (SSSR count). The lowest BCUT2D eigenvalue weighted by Gasteiger charge is -2.23. The second-order valence-corrected chi connectivity index (χ2v) is 6.24. The minimum atomic E-state index is -0.689. The summed E-state index contributed by atoms with van der Waals surface area (Å²) in [4.78, 5) is 15.7. The van der Waals surface area contributed by atoms with Crippen LogP contribution in [0, 0.1) is 5.41 Å². The second-order valence-electron chi connectivity index (χ2n) is 6.24. The number of carbonyl (C=O) groups is 1. The van der Waals surface area contributed by atoms with Crippen LogP contribution in [0.5, 0.6) is 0 Å². The van der Waals surface area contributed by atoms with Crippen molar-refractivity contribution < 1.29 is 9.90 Å². The molecule has 0 amide bonds. The van der Waals surface area contributed by atoms with Crippen LogP contribution in [0.4, 0.5) is 0 Å². The van der Waals surface area contributed by atoms with Gasteiger partial charge in [0, 0.05) is 0 Å². The molecule has 0 aromatic heterocycles. The molecule has 0 saturated carbocycles. The van der Waals surface area contributed by atoms with E-state index in [1.54, 1.807) is 0 Å². The van der Waals surface area contributed by atoms with E-state index < -0.39 is 11.4 Å². The number of hydrogen-bond acceptors (Lipinski definition) is 3. The fourth-order valence-electron chi connectivity index (χ4n) is 2.05. The van der Waals surface area contributed by atoms with Gasteiger partial charge < -0.3 is 14.9 Å². The van der Waals surface area contributed by atoms with Crippen molar-refractivity contribution in [1.29, 1.82) is 0 Å². The topological polar surface area (TPSA) is 43.8 Å². The van der Waals surface area contributed by atoms with E-state index >= 15 is 0 Å². The number of unbranched alkanes of at least 4 members (excludes halogenated alkanes) is 1. The molecule has 0 aliphatic carbocycles. The molecule has 114 valence electrons. The summed E-state index contributed by atoms with van der Waals surface area (Å²) in [6.07, 6.45) is 4.04. The molecular weight excluding hydrogens is 240 g/mol. The Balaban J connectivity index is 3.75. The zero-order chi connectivity index (χ0) is 14.9. The lowest BCUT2D eigenvalue weighted by Crippen LogP contribution is -2.29. The number of carboxylic acids is 1. The summed E-state index contributed by atoms with van der Waals surface area (Å²) in [5.41, 5.74) is -0.581. The van der Waals surface area contributed by atoms with E-state index in [2.05, 4.69) is 30.8 Å². The number of aliphatic carboxylic acids is 1. The molecule has 4 nitrogen and oxygen atoms in total. The summed E-state index contributed by atoms with van der Waals surface area (Å²) < 4.78 is 0. The van der Waals surface area contributed by atoms with Gasteiger partial charge in [0.1, 0.15) is 0 Å². The highest BCUT2D eigenvalue weighted by molar-refractivity contribution is 5.73. The minimum absolute atomic E-state index is 0.581. The fraction of sp³-hybridized carbons (Fsp3) is 0.933. The predicted octanol–water partition coefficient (Wildman–Crippen LogP) is 2.54. The number of carboxylic acid groups (broad SMARTS) is 1. The molecule has 0 fully saturated rings. The molecule has 0 aliphatic heterocycles. The Morgan fingerprint density at radius 2 is 1.63 bits per heavy atom. The predicted molar refractivity (Wildman–Crippen MR) is 80.6 cm³/mol. The van der Waals surface area contributed by atoms with Gasteiger partial charge in [0.15, 0.2) is 0 Å². The van der Waals surface area contributed by atoms with Crippen LogP contribution in [-0.4, -0.2) is 61.2 Å². The van der Waals surface area contributed by atoms with E-state index in [-0.39, 0.29) is 0 Å². The summed E-state index contributed by atoms with van der Waals surface area (Å²) in [5, 5.41) is 9.05. The molecule has 0 spiro atoms. The zero-order valence-corrected chi connectivity index (χ0v) is 13.4. The van der Waals surface area contributed by atoms with Crippen LogP contribution in [0.3, 0.4) is 0 Å². The van der Waals surface area contributed by atoms with Gasteiger partial charge in [0.2, 0.25) is 0 Å². The summed E-state index contributed by atoms with van der Waals surface area (Å²) in [6, 6.07) is 0. The van der Waals surface area contributed by atoms with E-state index in [1.807, 2.05) is 13.8 Å². The van der Waals surface area contributed by atoms with Crippen LogP contribution >= 0.6 is 0 Å². The van der Waals surface area contributed by atoms with Crippen molar-refractivity contribution in [2.75, 3.05) is 40.3 Å². The highest BCUT2D eigenvalue weighted by atomic mass is 16.4. The van der Waals surface area contributed by atoms with Gasteiger partial charge in [-0.3, -0.25) is 4.79 Å². The quantitative estimate of drug-likeness (QED) is 0.587. The lowest BCUT2D eigenvalue weighted by atomic mass is 9.87. The Morgan fingerprint density at radius 3 is 2.11 bits per heavy atom. The third kappa shape index (κ3) is 9.00. The maximum Gasteiger partial charge on any atom is 0.309 e. The highest BCUT2D eigenvalue weighted by Gasteiger charge is 2.26. The molecule has 0 saturated heterocycles. The van der Waals surface area contributed by atoms with Crippen LogP contribution in [0.2, 0.25) is 0 Å². The highest BCUT2D eigenvalue weighted by Crippen LogP contribution is 2.23. The van der Waals surface area contributed by atoms with Gasteiger partial charge in [-0.25, -0.2) is 0 Å². The standard InChI is InChI=1S/C15H32N2O2/c1-6-17(13-9-11-16(4)5)12-8-7-10-15(2,3)14(18)19/h6-13H2,1-5H3,(H,18,19). The Hall–Kier alpha value is -0.610. The first-order chi connectivity index (χ1) is 8.79. The van der Waals surface area contributed by atoms with Gasteiger partial charge in [-0.05, 0) is 73.4 Å². The van der Waals surface area contributed by atoms with Crippen molar-refractivity contribution in [3.05, 3.63) is 0 Å². The van der Waals surface area contributed by atoms with Crippen molar-refractivity contribution in [2.45, 2.75) is 46.5 Å². The Morgan fingerprint density at radius 1 is 1.05 bits per heavy atom. The normalized spacial score (nSPS) is 12.4. The third-order valence-corrected chi connectivity index (χ3v) is 3.63. The molecule has 0 aromatic carbocycles. The zero-order valence-electron chi connectivity index (χ0n) is 13.4. The van der Waals surface area contributed by atoms with E-state index in [0.29, 0.717) is 0 Å². The first-order valence-electron chi connectivity index (χ1n) is 7.40. The van der Waals surface area contributed by atoms with Gasteiger partial charge in [-0.1, -0.05) is 13.3 Å². The molecule has 0 heterocycles. The van der Waals surface area contributed by atoms with Crippen LogP contribution in [0.15, 0.2) is 0 Å². The first-order valence-corrected chi connectivity index (χ1v) is 7.40. The second kappa shape index (κ2) is 9.32. The lowest BCUT2D eigenvalue weighted by molar-refractivity contribution is -0.147. The van der Waals surface area contributed by atoms with E-state index in [1.165, 1.54) is 6.42 Å². The molecule has 19 heavy (non-hydrogen) atoms. The van der Waals surface area contributed by atoms with Crippen molar-refractivity contribution in [1.82, 2.24) is 9.80 Å². The van der Waals surface area contributed by atoms with Gasteiger partial charge in [0.05, 0.1) is 5.41 Å². The van der Waals surface area contributed by atoms with Crippen molar-refractivity contribution in [2.24, 2.45) is 5.41 Å². The molecule has 0 atom stereocenters. The van der Waals surface area contributed by atoms with Crippen molar-refractivity contribution in [3.63, 3.8) is 0 Å². The average molecular weight is 272 g/mol. The fourth-order valence-corrected chi connectivity index (χ4v) is 2.05. The molecule has 0 unspecified atom stereocenters. The Labute approximate surface area is 118 Å². The summed E-state index contributed by atoms with van der Waals surface area (Å²) in [5.74, 6) is -0.689. The smallest absolute Gasteiger partial charge is 0.309 e. The number of rotatable bonds is 11. The van der Waals surface area contributed by atoms with E-state index in [0.717, 1.165) is 45.4 Å². The maximum absolute atomic E-state index is 11.0. The maximum atomic E-state index is 11.0. The van der Waals surface area contributed by atoms with Gasteiger partial charge in [-0.15, -0.1) is 0 Å². The molecule has 0 bridgehead atoms. The molecule has 0 aliphatic rings. The number of nitrogens with zero attached hydrogens (tertiary/aromatic N) is 2. The minimum Gasteiger partial charge on any atom is -0.481 e. The van der Waals surface area contributed by atoms with Crippen LogP contribution in [0.25, 0.3) is 0 Å². The Bertz CT molecular complexity index is 253. The largest absolute Gasteiger partial charge is 0.481 e. The third-order valence-electron chi connectivity index (χ3n) is 3.63. The summed E-state index contributed by atoms with van der Waals surface area (Å²) >= 11 is 0. The SMILES string of the molecule is CCN(CCCCC(C)(C)C(=O)O)CCCN(C)C. The van der Waals surface area contributed by atoms with Crippen molar-refractivity contribution >= 4 is 5.97 Å².